The molecule has 0 radical (unpaired) electrons. The summed E-state index contributed by atoms with van der Waals surface area (Å²) in [6.45, 7) is 0.303. The summed E-state index contributed by atoms with van der Waals surface area (Å²) in [5, 5.41) is 7.34. The van der Waals surface area contributed by atoms with Crippen LogP contribution in [0.15, 0.2) is 85.2 Å². The molecule has 28 heavy (non-hydrogen) atoms. The molecule has 4 aromatic rings. The van der Waals surface area contributed by atoms with Crippen molar-refractivity contribution in [2.75, 3.05) is 5.32 Å². The van der Waals surface area contributed by atoms with Crippen molar-refractivity contribution in [2.24, 2.45) is 0 Å². The van der Waals surface area contributed by atoms with Crippen LogP contribution in [0.3, 0.4) is 0 Å². The molecule has 0 spiro atoms. The van der Waals surface area contributed by atoms with Crippen LogP contribution in [-0.2, 0) is 6.54 Å². The van der Waals surface area contributed by atoms with E-state index in [0.717, 1.165) is 27.5 Å². The second-order valence-electron chi connectivity index (χ2n) is 6.35. The fourth-order valence-corrected chi connectivity index (χ4v) is 3.18. The number of nitrogens with one attached hydrogen (secondary N) is 2. The van der Waals surface area contributed by atoms with Gasteiger partial charge in [-0.1, -0.05) is 54.6 Å². The molecule has 0 saturated heterocycles. The SMILES string of the molecule is O=C(NCc1ccc(-c2ccccc2)c2ccncc12)Nc1ccccc1F. The van der Waals surface area contributed by atoms with Gasteiger partial charge >= 0.3 is 6.03 Å². The standard InChI is InChI=1S/C23H18FN3O/c24-21-8-4-5-9-22(21)27-23(28)26-14-17-10-11-18(16-6-2-1-3-7-16)19-12-13-25-15-20(17)19/h1-13,15H,14H2,(H2,26,27,28). The third kappa shape index (κ3) is 3.69. The highest BCUT2D eigenvalue weighted by atomic mass is 19.1. The van der Waals surface area contributed by atoms with Gasteiger partial charge in [-0.2, -0.15) is 0 Å². The summed E-state index contributed by atoms with van der Waals surface area (Å²) in [4.78, 5) is 16.4. The fraction of sp³-hybridized carbons (Fsp3) is 0.0435. The third-order valence-electron chi connectivity index (χ3n) is 4.55. The summed E-state index contributed by atoms with van der Waals surface area (Å²) in [5.41, 5.74) is 3.31. The number of benzene rings is 3. The first kappa shape index (κ1) is 17.7. The Bertz CT molecular complexity index is 1130. The number of nitrogens with zero attached hydrogens (tertiary/aromatic N) is 1. The number of carbonyl (C=O) groups excluding carboxylic acids is 1. The predicted molar refractivity (Wildman–Crippen MR) is 109 cm³/mol. The summed E-state index contributed by atoms with van der Waals surface area (Å²) in [7, 11) is 0. The highest BCUT2D eigenvalue weighted by molar-refractivity contribution is 5.98. The van der Waals surface area contributed by atoms with Crippen molar-refractivity contribution >= 4 is 22.5 Å². The van der Waals surface area contributed by atoms with E-state index in [1.807, 2.05) is 36.4 Å². The van der Waals surface area contributed by atoms with E-state index in [9.17, 15) is 9.18 Å². The van der Waals surface area contributed by atoms with Gasteiger partial charge in [0.05, 0.1) is 5.69 Å². The van der Waals surface area contributed by atoms with Crippen molar-refractivity contribution in [2.45, 2.75) is 6.54 Å². The summed E-state index contributed by atoms with van der Waals surface area (Å²) >= 11 is 0. The molecule has 2 amide bonds. The van der Waals surface area contributed by atoms with Crippen LogP contribution in [-0.4, -0.2) is 11.0 Å². The Labute approximate surface area is 162 Å². The van der Waals surface area contributed by atoms with Gasteiger partial charge in [-0.3, -0.25) is 4.98 Å². The van der Waals surface area contributed by atoms with Crippen LogP contribution in [0.1, 0.15) is 5.56 Å². The molecule has 4 rings (SSSR count). The molecule has 3 aromatic carbocycles. The Kier molecular flexibility index (Phi) is 4.97. The van der Waals surface area contributed by atoms with Crippen molar-refractivity contribution in [3.63, 3.8) is 0 Å². The lowest BCUT2D eigenvalue weighted by molar-refractivity contribution is 0.251. The van der Waals surface area contributed by atoms with E-state index in [1.165, 1.54) is 12.1 Å². The van der Waals surface area contributed by atoms with Crippen LogP contribution < -0.4 is 10.6 Å². The molecular weight excluding hydrogens is 353 g/mol. The predicted octanol–water partition coefficient (Wildman–Crippen LogP) is 5.36. The van der Waals surface area contributed by atoms with Crippen LogP contribution in [0.2, 0.25) is 0 Å². The second-order valence-corrected chi connectivity index (χ2v) is 6.35. The van der Waals surface area contributed by atoms with Gasteiger partial charge in [0.1, 0.15) is 5.82 Å². The average molecular weight is 371 g/mol. The van der Waals surface area contributed by atoms with Crippen molar-refractivity contribution in [3.8, 4) is 11.1 Å². The fourth-order valence-electron chi connectivity index (χ4n) is 3.18. The van der Waals surface area contributed by atoms with Crippen molar-refractivity contribution in [3.05, 3.63) is 96.6 Å². The first-order chi connectivity index (χ1) is 13.7. The molecule has 0 saturated carbocycles. The highest BCUT2D eigenvalue weighted by Crippen LogP contribution is 2.30. The molecule has 0 aliphatic rings. The minimum Gasteiger partial charge on any atom is -0.334 e. The maximum absolute atomic E-state index is 13.7. The zero-order chi connectivity index (χ0) is 19.3. The molecule has 5 heteroatoms. The third-order valence-corrected chi connectivity index (χ3v) is 4.55. The number of hydrogen-bond donors (Lipinski definition) is 2. The van der Waals surface area contributed by atoms with Crippen LogP contribution in [0.4, 0.5) is 14.9 Å². The molecule has 138 valence electrons. The van der Waals surface area contributed by atoms with Crippen LogP contribution in [0, 0.1) is 5.82 Å². The number of pyridine rings is 1. The maximum Gasteiger partial charge on any atom is 0.319 e. The Morgan fingerprint density at radius 2 is 1.68 bits per heavy atom. The van der Waals surface area contributed by atoms with Crippen molar-refractivity contribution < 1.29 is 9.18 Å². The summed E-state index contributed by atoms with van der Waals surface area (Å²) in [6.07, 6.45) is 3.56. The molecule has 1 heterocycles. The lowest BCUT2D eigenvalue weighted by Gasteiger charge is -2.13. The smallest absolute Gasteiger partial charge is 0.319 e. The number of amides is 2. The number of fused-ring (bicyclic) bond motifs is 1. The number of halogens is 1. The zero-order valence-corrected chi connectivity index (χ0v) is 15.0. The van der Waals surface area contributed by atoms with Gasteiger partial charge in [0.15, 0.2) is 0 Å². The zero-order valence-electron chi connectivity index (χ0n) is 15.0. The Morgan fingerprint density at radius 3 is 2.50 bits per heavy atom. The Hall–Kier alpha value is -3.73. The largest absolute Gasteiger partial charge is 0.334 e. The molecule has 2 N–H and O–H groups in total. The van der Waals surface area contributed by atoms with Crippen LogP contribution in [0.5, 0.6) is 0 Å². The molecule has 1 aromatic heterocycles. The number of anilines is 1. The van der Waals surface area contributed by atoms with E-state index >= 15 is 0 Å². The number of rotatable bonds is 4. The normalized spacial score (nSPS) is 10.6. The van der Waals surface area contributed by atoms with Crippen LogP contribution >= 0.6 is 0 Å². The maximum atomic E-state index is 13.7. The molecule has 0 aliphatic carbocycles. The van der Waals surface area contributed by atoms with Crippen molar-refractivity contribution in [1.29, 1.82) is 0 Å². The number of urea groups is 1. The number of aromatic nitrogens is 1. The first-order valence-electron chi connectivity index (χ1n) is 8.93. The van der Waals surface area contributed by atoms with E-state index in [1.54, 1.807) is 24.5 Å². The minimum atomic E-state index is -0.473. The van der Waals surface area contributed by atoms with E-state index in [4.69, 9.17) is 0 Å². The number of para-hydroxylation sites is 1. The van der Waals surface area contributed by atoms with Gasteiger partial charge in [-0.15, -0.1) is 0 Å². The Balaban J connectivity index is 1.57. The van der Waals surface area contributed by atoms with Crippen molar-refractivity contribution in [1.82, 2.24) is 10.3 Å². The van der Waals surface area contributed by atoms with E-state index in [2.05, 4.69) is 27.8 Å². The lowest BCUT2D eigenvalue weighted by atomic mass is 9.96. The van der Waals surface area contributed by atoms with E-state index in [-0.39, 0.29) is 5.69 Å². The molecule has 0 unspecified atom stereocenters. The minimum absolute atomic E-state index is 0.144. The topological polar surface area (TPSA) is 54.0 Å². The molecule has 4 nitrogen and oxygen atoms in total. The van der Waals surface area contributed by atoms with E-state index in [0.29, 0.717) is 6.54 Å². The van der Waals surface area contributed by atoms with Gasteiger partial charge in [-0.05, 0) is 40.3 Å². The van der Waals surface area contributed by atoms with Gasteiger partial charge in [0, 0.05) is 24.3 Å². The monoisotopic (exact) mass is 371 g/mol. The van der Waals surface area contributed by atoms with Gasteiger partial charge in [0.2, 0.25) is 0 Å². The molecular formula is C23H18FN3O. The Morgan fingerprint density at radius 1 is 0.893 bits per heavy atom. The molecule has 0 bridgehead atoms. The number of carbonyl (C=O) groups is 1. The van der Waals surface area contributed by atoms with Gasteiger partial charge in [-0.25, -0.2) is 9.18 Å². The van der Waals surface area contributed by atoms with E-state index < -0.39 is 11.8 Å². The highest BCUT2D eigenvalue weighted by Gasteiger charge is 2.10. The molecule has 0 fully saturated rings. The quantitative estimate of drug-likeness (QED) is 0.507. The molecule has 0 atom stereocenters. The summed E-state index contributed by atoms with van der Waals surface area (Å²) < 4.78 is 13.7. The van der Waals surface area contributed by atoms with Gasteiger partial charge < -0.3 is 10.6 Å². The van der Waals surface area contributed by atoms with Gasteiger partial charge in [0.25, 0.3) is 0 Å². The summed E-state index contributed by atoms with van der Waals surface area (Å²) in [6, 6.07) is 21.7. The summed E-state index contributed by atoms with van der Waals surface area (Å²) in [5.74, 6) is -0.473. The first-order valence-corrected chi connectivity index (χ1v) is 8.93. The second kappa shape index (κ2) is 7.88. The molecule has 0 aliphatic heterocycles. The lowest BCUT2D eigenvalue weighted by Crippen LogP contribution is -2.28. The average Bonchev–Trinajstić information content (AvgIpc) is 2.74. The number of hydrogen-bond acceptors (Lipinski definition) is 2. The van der Waals surface area contributed by atoms with Crippen LogP contribution in [0.25, 0.3) is 21.9 Å².